The number of halogens is 1. The van der Waals surface area contributed by atoms with Crippen LogP contribution in [0.25, 0.3) is 0 Å². The third-order valence-corrected chi connectivity index (χ3v) is 3.70. The molecule has 0 aliphatic carbocycles. The van der Waals surface area contributed by atoms with Crippen LogP contribution in [0.5, 0.6) is 0 Å². The second kappa shape index (κ2) is 4.85. The number of carboxylic acids is 1. The highest BCUT2D eigenvalue weighted by molar-refractivity contribution is 9.10. The number of nitrogens with zero attached hydrogens (tertiary/aromatic N) is 1. The summed E-state index contributed by atoms with van der Waals surface area (Å²) in [7, 11) is 0. The van der Waals surface area contributed by atoms with Crippen LogP contribution in [0.1, 0.15) is 26.5 Å². The molecule has 0 spiro atoms. The summed E-state index contributed by atoms with van der Waals surface area (Å²) < 4.78 is 5.57. The van der Waals surface area contributed by atoms with Gasteiger partial charge >= 0.3 is 5.97 Å². The fourth-order valence-electron chi connectivity index (χ4n) is 2.25. The number of benzene rings is 1. The Hall–Kier alpha value is -2.41. The van der Waals surface area contributed by atoms with Crippen molar-refractivity contribution in [1.29, 1.82) is 0 Å². The van der Waals surface area contributed by atoms with Crippen LogP contribution >= 0.6 is 15.9 Å². The molecule has 0 bridgehead atoms. The number of ketones is 1. The van der Waals surface area contributed by atoms with E-state index in [4.69, 9.17) is 9.52 Å². The molecule has 6 nitrogen and oxygen atoms in total. The van der Waals surface area contributed by atoms with Crippen molar-refractivity contribution in [3.8, 4) is 0 Å². The first-order valence-electron chi connectivity index (χ1n) is 5.94. The predicted octanol–water partition coefficient (Wildman–Crippen LogP) is 2.47. The Morgan fingerprint density at radius 1 is 1.29 bits per heavy atom. The lowest BCUT2D eigenvalue weighted by Crippen LogP contribution is -2.29. The summed E-state index contributed by atoms with van der Waals surface area (Å²) >= 11 is 3.25. The lowest BCUT2D eigenvalue weighted by atomic mass is 10.1. The summed E-state index contributed by atoms with van der Waals surface area (Å²) in [6.07, 6.45) is 1.24. The smallest absolute Gasteiger partial charge is 0.372 e. The molecule has 1 aromatic heterocycles. The van der Waals surface area contributed by atoms with E-state index in [1.165, 1.54) is 17.2 Å². The van der Waals surface area contributed by atoms with Crippen LogP contribution in [0.3, 0.4) is 0 Å². The summed E-state index contributed by atoms with van der Waals surface area (Å²) in [4.78, 5) is 36.3. The van der Waals surface area contributed by atoms with Gasteiger partial charge in [-0.25, -0.2) is 4.79 Å². The summed E-state index contributed by atoms with van der Waals surface area (Å²) in [5.74, 6) is -2.74. The van der Waals surface area contributed by atoms with E-state index < -0.39 is 17.7 Å². The normalized spacial score (nSPS) is 13.7. The minimum Gasteiger partial charge on any atom is -0.475 e. The van der Waals surface area contributed by atoms with Gasteiger partial charge in [-0.1, -0.05) is 15.9 Å². The SMILES string of the molecule is O=C1C(=O)N(Cc2ccoc2C(=O)O)c2ccc(Br)cc21. The molecule has 106 valence electrons. The van der Waals surface area contributed by atoms with Gasteiger partial charge in [0.15, 0.2) is 0 Å². The Bertz CT molecular complexity index is 779. The third-order valence-electron chi connectivity index (χ3n) is 3.20. The molecule has 7 heteroatoms. The zero-order valence-corrected chi connectivity index (χ0v) is 12.1. The average molecular weight is 350 g/mol. The first kappa shape index (κ1) is 13.6. The number of carboxylic acid groups (broad SMARTS) is 1. The van der Waals surface area contributed by atoms with Gasteiger partial charge in [0.25, 0.3) is 11.7 Å². The molecule has 1 aromatic carbocycles. The lowest BCUT2D eigenvalue weighted by Gasteiger charge is -2.15. The standard InChI is InChI=1S/C14H8BrNO5/c15-8-1-2-10-9(5-8)11(17)13(18)16(10)6-7-3-4-21-12(7)14(19)20/h1-5H,6H2,(H,19,20). The van der Waals surface area contributed by atoms with Crippen molar-refractivity contribution in [2.45, 2.75) is 6.54 Å². The molecule has 0 saturated heterocycles. The number of amides is 1. The number of Topliss-reactive ketones (excluding diaryl/α,β-unsaturated/α-hetero) is 1. The number of rotatable bonds is 3. The zero-order chi connectivity index (χ0) is 15.1. The topological polar surface area (TPSA) is 87.8 Å². The van der Waals surface area contributed by atoms with E-state index in [9.17, 15) is 14.4 Å². The monoisotopic (exact) mass is 349 g/mol. The molecule has 21 heavy (non-hydrogen) atoms. The van der Waals surface area contributed by atoms with Crippen molar-refractivity contribution in [3.05, 3.63) is 51.9 Å². The molecule has 1 amide bonds. The van der Waals surface area contributed by atoms with Crippen molar-refractivity contribution in [2.75, 3.05) is 4.90 Å². The van der Waals surface area contributed by atoms with Gasteiger partial charge in [-0.3, -0.25) is 9.59 Å². The van der Waals surface area contributed by atoms with E-state index >= 15 is 0 Å². The average Bonchev–Trinajstić information content (AvgIpc) is 2.99. The zero-order valence-electron chi connectivity index (χ0n) is 10.5. The second-order valence-corrected chi connectivity index (χ2v) is 5.38. The molecule has 0 atom stereocenters. The van der Waals surface area contributed by atoms with E-state index in [-0.39, 0.29) is 12.3 Å². The highest BCUT2D eigenvalue weighted by Gasteiger charge is 2.36. The molecule has 2 aromatic rings. The fourth-order valence-corrected chi connectivity index (χ4v) is 2.61. The van der Waals surface area contributed by atoms with E-state index in [2.05, 4.69) is 15.9 Å². The van der Waals surface area contributed by atoms with E-state index in [0.717, 1.165) is 0 Å². The number of fused-ring (bicyclic) bond motifs is 1. The number of aromatic carboxylic acids is 1. The van der Waals surface area contributed by atoms with Crippen LogP contribution in [0.15, 0.2) is 39.4 Å². The summed E-state index contributed by atoms with van der Waals surface area (Å²) in [5, 5.41) is 9.01. The van der Waals surface area contributed by atoms with Gasteiger partial charge in [-0.2, -0.15) is 0 Å². The molecule has 0 saturated carbocycles. The number of hydrogen-bond acceptors (Lipinski definition) is 4. The molecular weight excluding hydrogens is 342 g/mol. The highest BCUT2D eigenvalue weighted by atomic mass is 79.9. The lowest BCUT2D eigenvalue weighted by molar-refractivity contribution is -0.114. The first-order valence-corrected chi connectivity index (χ1v) is 6.73. The Balaban J connectivity index is 2.01. The van der Waals surface area contributed by atoms with Crippen LogP contribution in [0.2, 0.25) is 0 Å². The van der Waals surface area contributed by atoms with Crippen LogP contribution < -0.4 is 4.90 Å². The van der Waals surface area contributed by atoms with E-state index in [1.807, 2.05) is 0 Å². The largest absolute Gasteiger partial charge is 0.475 e. The quantitative estimate of drug-likeness (QED) is 0.860. The number of furan rings is 1. The van der Waals surface area contributed by atoms with Crippen molar-refractivity contribution < 1.29 is 23.9 Å². The maximum absolute atomic E-state index is 12.1. The van der Waals surface area contributed by atoms with Gasteiger partial charge in [0.05, 0.1) is 24.1 Å². The van der Waals surface area contributed by atoms with Crippen LogP contribution in [-0.4, -0.2) is 22.8 Å². The minimum atomic E-state index is -1.22. The summed E-state index contributed by atoms with van der Waals surface area (Å²) in [6, 6.07) is 6.40. The van der Waals surface area contributed by atoms with Gasteiger partial charge in [0, 0.05) is 10.0 Å². The molecule has 1 N–H and O–H groups in total. The van der Waals surface area contributed by atoms with Crippen LogP contribution in [0, 0.1) is 0 Å². The number of anilines is 1. The Morgan fingerprint density at radius 2 is 2.05 bits per heavy atom. The fraction of sp³-hybridized carbons (Fsp3) is 0.0714. The van der Waals surface area contributed by atoms with Crippen LogP contribution in [0.4, 0.5) is 5.69 Å². The van der Waals surface area contributed by atoms with Gasteiger partial charge in [-0.15, -0.1) is 0 Å². The maximum atomic E-state index is 12.1. The molecule has 0 radical (unpaired) electrons. The van der Waals surface area contributed by atoms with Gasteiger partial charge in [0.1, 0.15) is 0 Å². The third kappa shape index (κ3) is 2.15. The summed E-state index contributed by atoms with van der Waals surface area (Å²) in [5.41, 5.74) is 1.10. The minimum absolute atomic E-state index is 0.0304. The van der Waals surface area contributed by atoms with Gasteiger partial charge in [-0.05, 0) is 24.3 Å². The van der Waals surface area contributed by atoms with Gasteiger partial charge < -0.3 is 14.4 Å². The first-order chi connectivity index (χ1) is 9.99. The van der Waals surface area contributed by atoms with Gasteiger partial charge in [0.2, 0.25) is 5.76 Å². The number of hydrogen-bond donors (Lipinski definition) is 1. The Kier molecular flexibility index (Phi) is 3.13. The number of carbonyl (C=O) groups excluding carboxylic acids is 2. The second-order valence-electron chi connectivity index (χ2n) is 4.46. The molecule has 0 fully saturated rings. The van der Waals surface area contributed by atoms with Crippen LogP contribution in [-0.2, 0) is 11.3 Å². The molecule has 3 rings (SSSR count). The van der Waals surface area contributed by atoms with Crippen molar-refractivity contribution in [3.63, 3.8) is 0 Å². The summed E-state index contributed by atoms with van der Waals surface area (Å²) in [6.45, 7) is -0.0304. The molecule has 0 unspecified atom stereocenters. The Morgan fingerprint density at radius 3 is 2.76 bits per heavy atom. The number of carbonyl (C=O) groups is 3. The highest BCUT2D eigenvalue weighted by Crippen LogP contribution is 2.33. The maximum Gasteiger partial charge on any atom is 0.372 e. The van der Waals surface area contributed by atoms with Crippen molar-refractivity contribution in [2.24, 2.45) is 0 Å². The Labute approximate surface area is 127 Å². The molecular formula is C14H8BrNO5. The van der Waals surface area contributed by atoms with Crippen molar-refractivity contribution in [1.82, 2.24) is 0 Å². The van der Waals surface area contributed by atoms with E-state index in [1.54, 1.807) is 18.2 Å². The molecule has 2 heterocycles. The van der Waals surface area contributed by atoms with Crippen molar-refractivity contribution >= 4 is 39.3 Å². The molecule has 1 aliphatic rings. The molecule has 1 aliphatic heterocycles. The van der Waals surface area contributed by atoms with E-state index in [0.29, 0.717) is 21.3 Å². The predicted molar refractivity (Wildman–Crippen MR) is 75.3 cm³/mol.